The van der Waals surface area contributed by atoms with Crippen LogP contribution in [0.3, 0.4) is 0 Å². The first-order valence-electron chi connectivity index (χ1n) is 9.78. The van der Waals surface area contributed by atoms with Crippen LogP contribution < -0.4 is 9.62 Å². The molecule has 1 N–H and O–H groups in total. The topological polar surface area (TPSA) is 66.5 Å². The van der Waals surface area contributed by atoms with Gasteiger partial charge in [0, 0.05) is 0 Å². The van der Waals surface area contributed by atoms with E-state index in [2.05, 4.69) is 5.32 Å². The van der Waals surface area contributed by atoms with Crippen molar-refractivity contribution in [3.8, 4) is 0 Å². The molecule has 0 aliphatic heterocycles. The molecule has 0 radical (unpaired) electrons. The molecule has 0 aromatic heterocycles. The fourth-order valence-corrected chi connectivity index (χ4v) is 4.61. The van der Waals surface area contributed by atoms with Crippen molar-refractivity contribution < 1.29 is 13.2 Å². The van der Waals surface area contributed by atoms with E-state index >= 15 is 0 Å². The van der Waals surface area contributed by atoms with Gasteiger partial charge >= 0.3 is 0 Å². The van der Waals surface area contributed by atoms with Crippen LogP contribution in [0.1, 0.15) is 29.7 Å². The first-order valence-corrected chi connectivity index (χ1v) is 11.2. The minimum absolute atomic E-state index is 0.144. The minimum atomic E-state index is -3.90. The third-order valence-corrected chi connectivity index (χ3v) is 6.65. The quantitative estimate of drug-likeness (QED) is 0.615. The summed E-state index contributed by atoms with van der Waals surface area (Å²) in [6.45, 7) is 5.46. The first-order chi connectivity index (χ1) is 14.3. The fourth-order valence-electron chi connectivity index (χ4n) is 3.17. The Hall–Kier alpha value is -3.12. The number of carbonyl (C=O) groups is 1. The zero-order valence-electron chi connectivity index (χ0n) is 17.4. The van der Waals surface area contributed by atoms with Gasteiger partial charge in [-0.3, -0.25) is 9.10 Å². The Bertz CT molecular complexity index is 1110. The van der Waals surface area contributed by atoms with Gasteiger partial charge < -0.3 is 5.32 Å². The molecule has 0 aliphatic rings. The molecule has 6 heteroatoms. The number of sulfonamides is 1. The van der Waals surface area contributed by atoms with Gasteiger partial charge in [0.15, 0.2) is 0 Å². The van der Waals surface area contributed by atoms with Crippen LogP contribution in [0.25, 0.3) is 0 Å². The van der Waals surface area contributed by atoms with Crippen LogP contribution in [0.5, 0.6) is 0 Å². The second-order valence-electron chi connectivity index (χ2n) is 7.36. The summed E-state index contributed by atoms with van der Waals surface area (Å²) in [5, 5.41) is 2.91. The van der Waals surface area contributed by atoms with Crippen LogP contribution in [0.2, 0.25) is 0 Å². The molecule has 30 heavy (non-hydrogen) atoms. The second kappa shape index (κ2) is 9.13. The Balaban J connectivity index is 1.87. The number of nitrogens with zero attached hydrogens (tertiary/aromatic N) is 1. The predicted octanol–water partition coefficient (Wildman–Crippen LogP) is 4.38. The third kappa shape index (κ3) is 5.07. The van der Waals surface area contributed by atoms with E-state index in [0.29, 0.717) is 5.69 Å². The van der Waals surface area contributed by atoms with Gasteiger partial charge in [-0.25, -0.2) is 8.42 Å². The Kier molecular flexibility index (Phi) is 6.57. The maximum absolute atomic E-state index is 13.3. The number of nitrogens with one attached hydrogen (secondary N) is 1. The molecule has 0 spiro atoms. The van der Waals surface area contributed by atoms with Gasteiger partial charge in [0.25, 0.3) is 10.0 Å². The lowest BCUT2D eigenvalue weighted by molar-refractivity contribution is -0.120. The summed E-state index contributed by atoms with van der Waals surface area (Å²) in [5.41, 5.74) is 3.46. The highest BCUT2D eigenvalue weighted by Crippen LogP contribution is 2.24. The molecule has 0 bridgehead atoms. The summed E-state index contributed by atoms with van der Waals surface area (Å²) in [6.07, 6.45) is 0. The van der Waals surface area contributed by atoms with E-state index < -0.39 is 10.0 Å². The van der Waals surface area contributed by atoms with Gasteiger partial charge in [0.05, 0.1) is 16.6 Å². The van der Waals surface area contributed by atoms with Gasteiger partial charge in [-0.15, -0.1) is 0 Å². The average molecular weight is 423 g/mol. The smallest absolute Gasteiger partial charge is 0.264 e. The van der Waals surface area contributed by atoms with Crippen LogP contribution in [0.4, 0.5) is 5.69 Å². The molecular weight excluding hydrogens is 396 g/mol. The van der Waals surface area contributed by atoms with Gasteiger partial charge in [0.2, 0.25) is 5.91 Å². The fraction of sp³-hybridized carbons (Fsp3) is 0.208. The Labute approximate surface area is 178 Å². The standard InChI is InChI=1S/C24H26N2O3S/c1-18-12-14-21(15-13-18)20(3)25-24(27)17-26(22-9-7-8-19(2)16-22)30(28,29)23-10-5-4-6-11-23/h4-16,20H,17H2,1-3H3,(H,25,27)/t20-/m1/s1. The van der Waals surface area contributed by atoms with Crippen LogP contribution in [0.15, 0.2) is 83.8 Å². The molecule has 1 atom stereocenters. The number of carbonyl (C=O) groups excluding carboxylic acids is 1. The van der Waals surface area contributed by atoms with Crippen molar-refractivity contribution in [2.75, 3.05) is 10.8 Å². The lowest BCUT2D eigenvalue weighted by Gasteiger charge is -2.25. The molecule has 3 aromatic carbocycles. The van der Waals surface area contributed by atoms with E-state index in [-0.39, 0.29) is 23.4 Å². The van der Waals surface area contributed by atoms with Crippen molar-refractivity contribution in [1.82, 2.24) is 5.32 Å². The minimum Gasteiger partial charge on any atom is -0.348 e. The average Bonchev–Trinajstić information content (AvgIpc) is 2.73. The highest BCUT2D eigenvalue weighted by molar-refractivity contribution is 7.92. The van der Waals surface area contributed by atoms with Crippen molar-refractivity contribution in [2.24, 2.45) is 0 Å². The highest BCUT2D eigenvalue weighted by atomic mass is 32.2. The summed E-state index contributed by atoms with van der Waals surface area (Å²) >= 11 is 0. The number of aryl methyl sites for hydroxylation is 2. The summed E-state index contributed by atoms with van der Waals surface area (Å²) in [7, 11) is -3.90. The summed E-state index contributed by atoms with van der Waals surface area (Å²) in [4.78, 5) is 13.0. The molecular formula is C24H26N2O3S. The van der Waals surface area contributed by atoms with E-state index in [9.17, 15) is 13.2 Å². The number of hydrogen-bond acceptors (Lipinski definition) is 3. The van der Waals surface area contributed by atoms with Crippen molar-refractivity contribution in [2.45, 2.75) is 31.7 Å². The highest BCUT2D eigenvalue weighted by Gasteiger charge is 2.27. The van der Waals surface area contributed by atoms with E-state index in [1.165, 1.54) is 12.1 Å². The summed E-state index contributed by atoms with van der Waals surface area (Å²) in [5.74, 6) is -0.371. The number of hydrogen-bond donors (Lipinski definition) is 1. The molecule has 3 aromatic rings. The van der Waals surface area contributed by atoms with Crippen molar-refractivity contribution in [3.05, 3.63) is 95.6 Å². The molecule has 0 unspecified atom stereocenters. The molecule has 1 amide bonds. The van der Waals surface area contributed by atoms with Gasteiger partial charge in [-0.1, -0.05) is 60.2 Å². The summed E-state index contributed by atoms with van der Waals surface area (Å²) in [6, 6.07) is 22.9. The van der Waals surface area contributed by atoms with Crippen LogP contribution in [-0.4, -0.2) is 20.9 Å². The van der Waals surface area contributed by atoms with Crippen LogP contribution in [-0.2, 0) is 14.8 Å². The molecule has 0 saturated carbocycles. The van der Waals surface area contributed by atoms with Gasteiger partial charge in [0.1, 0.15) is 6.54 Å². The van der Waals surface area contributed by atoms with E-state index in [4.69, 9.17) is 0 Å². The lowest BCUT2D eigenvalue weighted by atomic mass is 10.1. The number of rotatable bonds is 7. The lowest BCUT2D eigenvalue weighted by Crippen LogP contribution is -2.41. The molecule has 0 fully saturated rings. The molecule has 5 nitrogen and oxygen atoms in total. The normalized spacial score (nSPS) is 12.2. The van der Waals surface area contributed by atoms with Crippen molar-refractivity contribution in [1.29, 1.82) is 0 Å². The number of amides is 1. The largest absolute Gasteiger partial charge is 0.348 e. The Morgan fingerprint density at radius 3 is 2.20 bits per heavy atom. The maximum atomic E-state index is 13.3. The predicted molar refractivity (Wildman–Crippen MR) is 120 cm³/mol. The monoisotopic (exact) mass is 422 g/mol. The SMILES string of the molecule is Cc1ccc([C@@H](C)NC(=O)CN(c2cccc(C)c2)S(=O)(=O)c2ccccc2)cc1. The first kappa shape index (κ1) is 21.6. The van der Waals surface area contributed by atoms with Crippen LogP contribution >= 0.6 is 0 Å². The third-order valence-electron chi connectivity index (χ3n) is 4.86. The second-order valence-corrected chi connectivity index (χ2v) is 9.23. The molecule has 156 valence electrons. The zero-order valence-corrected chi connectivity index (χ0v) is 18.2. The molecule has 0 aliphatic carbocycles. The van der Waals surface area contributed by atoms with E-state index in [1.807, 2.05) is 51.1 Å². The summed E-state index contributed by atoms with van der Waals surface area (Å²) < 4.78 is 27.8. The van der Waals surface area contributed by atoms with E-state index in [1.54, 1.807) is 36.4 Å². The van der Waals surface area contributed by atoms with Gasteiger partial charge in [-0.2, -0.15) is 0 Å². The van der Waals surface area contributed by atoms with E-state index in [0.717, 1.165) is 21.0 Å². The van der Waals surface area contributed by atoms with Crippen LogP contribution in [0, 0.1) is 13.8 Å². The molecule has 3 rings (SSSR count). The number of anilines is 1. The molecule has 0 heterocycles. The Morgan fingerprint density at radius 2 is 1.57 bits per heavy atom. The Morgan fingerprint density at radius 1 is 0.900 bits per heavy atom. The van der Waals surface area contributed by atoms with Crippen molar-refractivity contribution in [3.63, 3.8) is 0 Å². The zero-order chi connectivity index (χ0) is 21.7. The molecule has 0 saturated heterocycles. The maximum Gasteiger partial charge on any atom is 0.264 e. The van der Waals surface area contributed by atoms with Gasteiger partial charge in [-0.05, 0) is 56.2 Å². The van der Waals surface area contributed by atoms with Crippen molar-refractivity contribution >= 4 is 21.6 Å². The number of benzene rings is 3.